The molecule has 4 heteroatoms. The lowest BCUT2D eigenvalue weighted by atomic mass is 10.1. The Morgan fingerprint density at radius 3 is 2.67 bits per heavy atom. The highest BCUT2D eigenvalue weighted by Gasteiger charge is 2.51. The smallest absolute Gasteiger partial charge is 0.313 e. The number of ether oxygens (including phenoxy) is 1. The molecule has 0 unspecified atom stereocenters. The summed E-state index contributed by atoms with van der Waals surface area (Å²) in [6, 6.07) is 5.99. The van der Waals surface area contributed by atoms with Crippen LogP contribution in [-0.4, -0.2) is 17.7 Å². The van der Waals surface area contributed by atoms with Gasteiger partial charge in [-0.1, -0.05) is 12.1 Å². The molecule has 1 aliphatic rings. The Morgan fingerprint density at radius 1 is 1.47 bits per heavy atom. The van der Waals surface area contributed by atoms with Gasteiger partial charge in [0.05, 0.1) is 0 Å². The van der Waals surface area contributed by atoms with E-state index < -0.39 is 17.2 Å². The molecule has 0 saturated heterocycles. The first-order valence-electron chi connectivity index (χ1n) is 4.75. The summed E-state index contributed by atoms with van der Waals surface area (Å²) in [6.07, 6.45) is 1.22. The number of rotatable bonds is 4. The molecule has 3 nitrogen and oxygen atoms in total. The van der Waals surface area contributed by atoms with Crippen molar-refractivity contribution in [1.29, 1.82) is 0 Å². The van der Waals surface area contributed by atoms with Gasteiger partial charge in [-0.3, -0.25) is 4.79 Å². The van der Waals surface area contributed by atoms with E-state index in [0.29, 0.717) is 12.8 Å². The minimum absolute atomic E-state index is 0.0449. The predicted molar refractivity (Wildman–Crippen MR) is 51.2 cm³/mol. The lowest BCUT2D eigenvalue weighted by Crippen LogP contribution is -2.23. The summed E-state index contributed by atoms with van der Waals surface area (Å²) in [5, 5.41) is 8.88. The molecule has 0 bridgehead atoms. The van der Waals surface area contributed by atoms with Crippen molar-refractivity contribution in [3.05, 3.63) is 30.1 Å². The number of hydrogen-bond acceptors (Lipinski definition) is 2. The molecular weight excluding hydrogens is 199 g/mol. The second kappa shape index (κ2) is 3.53. The zero-order chi connectivity index (χ0) is 10.9. The molecule has 0 radical (unpaired) electrons. The van der Waals surface area contributed by atoms with Crippen molar-refractivity contribution in [3.8, 4) is 5.75 Å². The van der Waals surface area contributed by atoms with Crippen LogP contribution in [0.5, 0.6) is 5.75 Å². The Hall–Kier alpha value is -1.58. The summed E-state index contributed by atoms with van der Waals surface area (Å²) in [6.45, 7) is 0.0449. The molecule has 0 heterocycles. The summed E-state index contributed by atoms with van der Waals surface area (Å²) in [7, 11) is 0. The summed E-state index contributed by atoms with van der Waals surface area (Å²) >= 11 is 0. The average molecular weight is 210 g/mol. The van der Waals surface area contributed by atoms with E-state index in [0.717, 1.165) is 0 Å². The van der Waals surface area contributed by atoms with Crippen molar-refractivity contribution in [2.75, 3.05) is 6.61 Å². The first kappa shape index (κ1) is 9.96. The molecule has 0 aliphatic heterocycles. The van der Waals surface area contributed by atoms with Gasteiger partial charge in [0.2, 0.25) is 0 Å². The Balaban J connectivity index is 2.00. The molecule has 1 N–H and O–H groups in total. The van der Waals surface area contributed by atoms with E-state index >= 15 is 0 Å². The Labute approximate surface area is 86.5 Å². The molecule has 80 valence electrons. The standard InChI is InChI=1S/C11H11FO3/c12-8-3-1-2-4-9(8)15-7-11(5-6-11)10(13)14/h1-4H,5-7H2,(H,13,14). The third-order valence-electron chi connectivity index (χ3n) is 2.65. The van der Waals surface area contributed by atoms with Crippen molar-refractivity contribution in [1.82, 2.24) is 0 Å². The van der Waals surface area contributed by atoms with Crippen molar-refractivity contribution in [3.63, 3.8) is 0 Å². The summed E-state index contributed by atoms with van der Waals surface area (Å²) in [5.74, 6) is -1.21. The van der Waals surface area contributed by atoms with Crippen LogP contribution in [0.1, 0.15) is 12.8 Å². The molecule has 1 saturated carbocycles. The van der Waals surface area contributed by atoms with Gasteiger partial charge in [0.1, 0.15) is 12.0 Å². The lowest BCUT2D eigenvalue weighted by molar-refractivity contribution is -0.144. The van der Waals surface area contributed by atoms with Crippen molar-refractivity contribution < 1.29 is 19.0 Å². The van der Waals surface area contributed by atoms with E-state index in [1.54, 1.807) is 12.1 Å². The predicted octanol–water partition coefficient (Wildman–Crippen LogP) is 2.07. The van der Waals surface area contributed by atoms with Crippen molar-refractivity contribution in [2.45, 2.75) is 12.8 Å². The maximum absolute atomic E-state index is 13.1. The zero-order valence-electron chi connectivity index (χ0n) is 8.07. The van der Waals surface area contributed by atoms with Crippen LogP contribution < -0.4 is 4.74 Å². The zero-order valence-corrected chi connectivity index (χ0v) is 8.07. The number of aliphatic carboxylic acids is 1. The third-order valence-corrected chi connectivity index (χ3v) is 2.65. The number of carboxylic acids is 1. The molecule has 2 rings (SSSR count). The van der Waals surface area contributed by atoms with Crippen molar-refractivity contribution in [2.24, 2.45) is 5.41 Å². The fourth-order valence-corrected chi connectivity index (χ4v) is 1.35. The second-order valence-corrected chi connectivity index (χ2v) is 3.80. The molecule has 1 aliphatic carbocycles. The first-order chi connectivity index (χ1) is 7.14. The quantitative estimate of drug-likeness (QED) is 0.827. The van der Waals surface area contributed by atoms with Crippen LogP contribution in [0.25, 0.3) is 0 Å². The highest BCUT2D eigenvalue weighted by atomic mass is 19.1. The van der Waals surface area contributed by atoms with Crippen molar-refractivity contribution >= 4 is 5.97 Å². The topological polar surface area (TPSA) is 46.5 Å². The first-order valence-corrected chi connectivity index (χ1v) is 4.75. The van der Waals surface area contributed by atoms with E-state index in [9.17, 15) is 9.18 Å². The molecule has 0 spiro atoms. The highest BCUT2D eigenvalue weighted by Crippen LogP contribution is 2.46. The molecular formula is C11H11FO3. The molecule has 1 aromatic rings. The molecule has 15 heavy (non-hydrogen) atoms. The second-order valence-electron chi connectivity index (χ2n) is 3.80. The Kier molecular flexibility index (Phi) is 2.34. The number of para-hydroxylation sites is 1. The molecule has 0 amide bonds. The van der Waals surface area contributed by atoms with E-state index in [1.807, 2.05) is 0 Å². The van der Waals surface area contributed by atoms with Crippen LogP contribution in [0.3, 0.4) is 0 Å². The number of halogens is 1. The minimum atomic E-state index is -0.862. The van der Waals surface area contributed by atoms with Crippen LogP contribution in [-0.2, 0) is 4.79 Å². The van der Waals surface area contributed by atoms with Gasteiger partial charge in [0, 0.05) is 0 Å². The highest BCUT2D eigenvalue weighted by molar-refractivity contribution is 5.77. The van der Waals surface area contributed by atoms with Gasteiger partial charge in [-0.05, 0) is 25.0 Å². The van der Waals surface area contributed by atoms with Crippen LogP contribution in [0.15, 0.2) is 24.3 Å². The normalized spacial score (nSPS) is 17.1. The van der Waals surface area contributed by atoms with Crippen LogP contribution in [0.2, 0.25) is 0 Å². The Bertz CT molecular complexity index is 385. The molecule has 0 aromatic heterocycles. The maximum Gasteiger partial charge on any atom is 0.313 e. The summed E-state index contributed by atoms with van der Waals surface area (Å²) in [5.41, 5.74) is -0.776. The van der Waals surface area contributed by atoms with E-state index in [-0.39, 0.29) is 12.4 Å². The molecule has 1 fully saturated rings. The lowest BCUT2D eigenvalue weighted by Gasteiger charge is -2.11. The van der Waals surface area contributed by atoms with Crippen LogP contribution in [0.4, 0.5) is 4.39 Å². The SMILES string of the molecule is O=C(O)C1(COc2ccccc2F)CC1. The number of hydrogen-bond donors (Lipinski definition) is 1. The average Bonchev–Trinajstić information content (AvgIpc) is 2.98. The third kappa shape index (κ3) is 1.93. The Morgan fingerprint density at radius 2 is 2.13 bits per heavy atom. The summed E-state index contributed by atoms with van der Waals surface area (Å²) < 4.78 is 18.3. The summed E-state index contributed by atoms with van der Waals surface area (Å²) in [4.78, 5) is 10.8. The van der Waals surface area contributed by atoms with Gasteiger partial charge < -0.3 is 9.84 Å². The minimum Gasteiger partial charge on any atom is -0.489 e. The van der Waals surface area contributed by atoms with E-state index in [2.05, 4.69) is 0 Å². The van der Waals surface area contributed by atoms with Gasteiger partial charge in [-0.25, -0.2) is 4.39 Å². The number of carboxylic acid groups (broad SMARTS) is 1. The van der Waals surface area contributed by atoms with Gasteiger partial charge >= 0.3 is 5.97 Å². The maximum atomic E-state index is 13.1. The number of benzene rings is 1. The number of carbonyl (C=O) groups is 1. The van der Waals surface area contributed by atoms with Gasteiger partial charge in [0.15, 0.2) is 11.6 Å². The largest absolute Gasteiger partial charge is 0.489 e. The molecule has 1 aromatic carbocycles. The fourth-order valence-electron chi connectivity index (χ4n) is 1.35. The van der Waals surface area contributed by atoms with Gasteiger partial charge in [0.25, 0.3) is 0 Å². The monoisotopic (exact) mass is 210 g/mol. The van der Waals surface area contributed by atoms with Gasteiger partial charge in [-0.2, -0.15) is 0 Å². The van der Waals surface area contributed by atoms with Crippen LogP contribution >= 0.6 is 0 Å². The van der Waals surface area contributed by atoms with Gasteiger partial charge in [-0.15, -0.1) is 0 Å². The van der Waals surface area contributed by atoms with E-state index in [4.69, 9.17) is 9.84 Å². The fraction of sp³-hybridized carbons (Fsp3) is 0.364. The van der Waals surface area contributed by atoms with Crippen LogP contribution in [0, 0.1) is 11.2 Å². The molecule has 0 atom stereocenters. The van der Waals surface area contributed by atoms with E-state index in [1.165, 1.54) is 12.1 Å².